The van der Waals surface area contributed by atoms with Crippen molar-refractivity contribution in [3.8, 4) is 6.07 Å². The number of pyridine rings is 1. The Labute approximate surface area is 132 Å². The molecule has 0 bridgehead atoms. The van der Waals surface area contributed by atoms with E-state index in [1.807, 2.05) is 0 Å². The van der Waals surface area contributed by atoms with Crippen LogP contribution < -0.4 is 4.90 Å². The van der Waals surface area contributed by atoms with Crippen LogP contribution in [-0.4, -0.2) is 18.1 Å². The fourth-order valence-corrected chi connectivity index (χ4v) is 3.23. The zero-order valence-corrected chi connectivity index (χ0v) is 13.5. The number of nitriles is 1. The summed E-state index contributed by atoms with van der Waals surface area (Å²) in [6.45, 7) is 6.45. The van der Waals surface area contributed by atoms with Crippen LogP contribution in [0.5, 0.6) is 0 Å². The Morgan fingerprint density at radius 1 is 1.09 bits per heavy atom. The molecule has 2 aromatic rings. The average molecular weight is 293 g/mol. The highest BCUT2D eigenvalue weighted by atomic mass is 15.2. The standard InChI is InChI=1S/C19H23N3/c1-14-11-17-13-16(7-6-8-20)19(21-18(17)12-15(14)2)22-9-4-3-5-10-22/h11-13H,3-7,9-10H2,1-2H3. The van der Waals surface area contributed by atoms with Crippen LogP contribution in [0.25, 0.3) is 10.9 Å². The molecule has 0 spiro atoms. The molecule has 0 radical (unpaired) electrons. The quantitative estimate of drug-likeness (QED) is 0.847. The Morgan fingerprint density at radius 2 is 1.82 bits per heavy atom. The van der Waals surface area contributed by atoms with Crippen molar-refractivity contribution >= 4 is 16.7 Å². The highest BCUT2D eigenvalue weighted by molar-refractivity contribution is 5.83. The smallest absolute Gasteiger partial charge is 0.132 e. The Kier molecular flexibility index (Phi) is 4.29. The summed E-state index contributed by atoms with van der Waals surface area (Å²) in [7, 11) is 0. The maximum absolute atomic E-state index is 8.94. The molecule has 0 amide bonds. The molecule has 0 N–H and O–H groups in total. The fourth-order valence-electron chi connectivity index (χ4n) is 3.23. The Balaban J connectivity index is 2.09. The van der Waals surface area contributed by atoms with Gasteiger partial charge in [-0.3, -0.25) is 0 Å². The minimum Gasteiger partial charge on any atom is -0.356 e. The van der Waals surface area contributed by atoms with Gasteiger partial charge in [0.1, 0.15) is 5.82 Å². The largest absolute Gasteiger partial charge is 0.356 e. The number of piperidine rings is 1. The van der Waals surface area contributed by atoms with Crippen molar-refractivity contribution in [2.45, 2.75) is 46.0 Å². The van der Waals surface area contributed by atoms with Gasteiger partial charge in [0.15, 0.2) is 0 Å². The molecule has 3 rings (SSSR count). The predicted molar refractivity (Wildman–Crippen MR) is 91.2 cm³/mol. The molecule has 1 aromatic carbocycles. The SMILES string of the molecule is Cc1cc2cc(CCC#N)c(N3CCCCC3)nc2cc1C. The second kappa shape index (κ2) is 6.36. The molecule has 1 aliphatic rings. The first-order valence-electron chi connectivity index (χ1n) is 8.22. The van der Waals surface area contributed by atoms with Crippen LogP contribution in [0.15, 0.2) is 18.2 Å². The van der Waals surface area contributed by atoms with E-state index in [-0.39, 0.29) is 0 Å². The molecule has 0 atom stereocenters. The van der Waals surface area contributed by atoms with Gasteiger partial charge in [0, 0.05) is 24.9 Å². The molecule has 1 aliphatic heterocycles. The third kappa shape index (κ3) is 2.92. The van der Waals surface area contributed by atoms with Gasteiger partial charge >= 0.3 is 0 Å². The van der Waals surface area contributed by atoms with E-state index >= 15 is 0 Å². The third-order valence-corrected chi connectivity index (χ3v) is 4.65. The van der Waals surface area contributed by atoms with Gasteiger partial charge in [-0.05, 0) is 74.4 Å². The second-order valence-electron chi connectivity index (χ2n) is 6.31. The van der Waals surface area contributed by atoms with E-state index in [1.54, 1.807) is 0 Å². The first-order chi connectivity index (χ1) is 10.7. The summed E-state index contributed by atoms with van der Waals surface area (Å²) in [6, 6.07) is 8.92. The number of hydrogen-bond acceptors (Lipinski definition) is 3. The van der Waals surface area contributed by atoms with E-state index in [0.717, 1.165) is 30.8 Å². The highest BCUT2D eigenvalue weighted by Crippen LogP contribution is 2.28. The Morgan fingerprint density at radius 3 is 2.55 bits per heavy atom. The van der Waals surface area contributed by atoms with Gasteiger partial charge in [-0.15, -0.1) is 0 Å². The second-order valence-corrected chi connectivity index (χ2v) is 6.31. The van der Waals surface area contributed by atoms with Crippen molar-refractivity contribution in [1.82, 2.24) is 4.98 Å². The van der Waals surface area contributed by atoms with Crippen molar-refractivity contribution in [3.63, 3.8) is 0 Å². The van der Waals surface area contributed by atoms with E-state index in [9.17, 15) is 0 Å². The highest BCUT2D eigenvalue weighted by Gasteiger charge is 2.17. The summed E-state index contributed by atoms with van der Waals surface area (Å²) in [5.41, 5.74) is 4.88. The molecule has 0 aliphatic carbocycles. The van der Waals surface area contributed by atoms with Crippen LogP contribution in [0.3, 0.4) is 0 Å². The van der Waals surface area contributed by atoms with E-state index in [4.69, 9.17) is 10.2 Å². The molecular formula is C19H23N3. The number of anilines is 1. The summed E-state index contributed by atoms with van der Waals surface area (Å²) < 4.78 is 0. The van der Waals surface area contributed by atoms with Crippen molar-refractivity contribution in [3.05, 3.63) is 34.9 Å². The first-order valence-corrected chi connectivity index (χ1v) is 8.22. The maximum Gasteiger partial charge on any atom is 0.132 e. The lowest BCUT2D eigenvalue weighted by molar-refractivity contribution is 0.572. The molecular weight excluding hydrogens is 270 g/mol. The first kappa shape index (κ1) is 14.8. The van der Waals surface area contributed by atoms with Crippen LogP contribution >= 0.6 is 0 Å². The van der Waals surface area contributed by atoms with Gasteiger partial charge in [0.25, 0.3) is 0 Å². The summed E-state index contributed by atoms with van der Waals surface area (Å²) in [5.74, 6) is 1.10. The van der Waals surface area contributed by atoms with Gasteiger partial charge in [-0.1, -0.05) is 0 Å². The average Bonchev–Trinajstić information content (AvgIpc) is 2.54. The Hall–Kier alpha value is -2.08. The van der Waals surface area contributed by atoms with Crippen molar-refractivity contribution in [2.75, 3.05) is 18.0 Å². The van der Waals surface area contributed by atoms with E-state index in [2.05, 4.69) is 43.0 Å². The molecule has 22 heavy (non-hydrogen) atoms. The van der Waals surface area contributed by atoms with Crippen LogP contribution in [0.2, 0.25) is 0 Å². The molecule has 114 valence electrons. The fraction of sp³-hybridized carbons (Fsp3) is 0.474. The van der Waals surface area contributed by atoms with Crippen molar-refractivity contribution in [1.29, 1.82) is 5.26 Å². The monoisotopic (exact) mass is 293 g/mol. The molecule has 1 fully saturated rings. The number of benzene rings is 1. The number of aryl methyl sites for hydroxylation is 3. The topological polar surface area (TPSA) is 39.9 Å². The summed E-state index contributed by atoms with van der Waals surface area (Å²) >= 11 is 0. The minimum absolute atomic E-state index is 0.554. The molecule has 0 unspecified atom stereocenters. The summed E-state index contributed by atoms with van der Waals surface area (Å²) in [4.78, 5) is 7.38. The van der Waals surface area contributed by atoms with Gasteiger partial charge in [-0.25, -0.2) is 4.98 Å². The van der Waals surface area contributed by atoms with E-state index < -0.39 is 0 Å². The normalized spacial score (nSPS) is 15.0. The Bertz CT molecular complexity index is 722. The third-order valence-electron chi connectivity index (χ3n) is 4.65. The van der Waals surface area contributed by atoms with E-state index in [0.29, 0.717) is 6.42 Å². The lowest BCUT2D eigenvalue weighted by Crippen LogP contribution is -2.31. The van der Waals surface area contributed by atoms with Crippen LogP contribution in [-0.2, 0) is 6.42 Å². The molecule has 1 aromatic heterocycles. The van der Waals surface area contributed by atoms with Gasteiger partial charge < -0.3 is 4.90 Å². The lowest BCUT2D eigenvalue weighted by Gasteiger charge is -2.29. The molecule has 3 heteroatoms. The summed E-state index contributed by atoms with van der Waals surface area (Å²) in [6.07, 6.45) is 5.14. The van der Waals surface area contributed by atoms with Gasteiger partial charge in [0.05, 0.1) is 11.6 Å². The van der Waals surface area contributed by atoms with Gasteiger partial charge in [0.2, 0.25) is 0 Å². The number of aromatic nitrogens is 1. The van der Waals surface area contributed by atoms with Crippen LogP contribution in [0.4, 0.5) is 5.82 Å². The number of hydrogen-bond donors (Lipinski definition) is 0. The predicted octanol–water partition coefficient (Wildman–Crippen LogP) is 4.30. The molecule has 3 nitrogen and oxygen atoms in total. The number of rotatable bonds is 3. The maximum atomic E-state index is 8.94. The number of nitrogens with zero attached hydrogens (tertiary/aromatic N) is 3. The minimum atomic E-state index is 0.554. The van der Waals surface area contributed by atoms with Crippen molar-refractivity contribution < 1.29 is 0 Å². The molecule has 2 heterocycles. The van der Waals surface area contributed by atoms with E-state index in [1.165, 1.54) is 41.3 Å². The number of fused-ring (bicyclic) bond motifs is 1. The zero-order chi connectivity index (χ0) is 15.5. The van der Waals surface area contributed by atoms with Crippen LogP contribution in [0, 0.1) is 25.2 Å². The molecule has 0 saturated carbocycles. The van der Waals surface area contributed by atoms with Crippen LogP contribution in [0.1, 0.15) is 42.4 Å². The van der Waals surface area contributed by atoms with Crippen molar-refractivity contribution in [2.24, 2.45) is 0 Å². The zero-order valence-electron chi connectivity index (χ0n) is 13.5. The molecule has 1 saturated heterocycles. The lowest BCUT2D eigenvalue weighted by atomic mass is 10.0. The summed E-state index contributed by atoms with van der Waals surface area (Å²) in [5, 5.41) is 10.1. The van der Waals surface area contributed by atoms with Gasteiger partial charge in [-0.2, -0.15) is 5.26 Å².